The van der Waals surface area contributed by atoms with Gasteiger partial charge in [-0.25, -0.2) is 18.7 Å². The Morgan fingerprint density at radius 1 is 0.891 bits per heavy atom. The molecule has 3 aromatic heterocycles. The predicted molar refractivity (Wildman–Crippen MR) is 164 cm³/mol. The number of anilines is 1. The van der Waals surface area contributed by atoms with Crippen LogP contribution in [0, 0.1) is 11.6 Å². The molecule has 2 amide bonds. The van der Waals surface area contributed by atoms with E-state index < -0.39 is 52.2 Å². The highest BCUT2D eigenvalue weighted by atomic mass is 35.5. The van der Waals surface area contributed by atoms with Gasteiger partial charge < -0.3 is 8.97 Å². The number of pyridine rings is 1. The summed E-state index contributed by atoms with van der Waals surface area (Å²) in [6.07, 6.45) is 2.15. The van der Waals surface area contributed by atoms with Gasteiger partial charge in [0.1, 0.15) is 5.69 Å². The van der Waals surface area contributed by atoms with Gasteiger partial charge in [0, 0.05) is 48.3 Å². The second-order valence-corrected chi connectivity index (χ2v) is 10.5. The summed E-state index contributed by atoms with van der Waals surface area (Å²) in [6.45, 7) is 0. The minimum absolute atomic E-state index is 0.116. The molecule has 0 N–H and O–H groups in total. The zero-order valence-electron chi connectivity index (χ0n) is 23.7. The van der Waals surface area contributed by atoms with Gasteiger partial charge in [0.2, 0.25) is 5.78 Å². The number of carbonyl (C=O) groups is 3. The van der Waals surface area contributed by atoms with Gasteiger partial charge in [-0.2, -0.15) is 13.2 Å². The van der Waals surface area contributed by atoms with Gasteiger partial charge in [-0.1, -0.05) is 18.2 Å². The number of halogens is 7. The molecule has 0 spiro atoms. The van der Waals surface area contributed by atoms with Crippen LogP contribution in [0.3, 0.4) is 0 Å². The topological polar surface area (TPSA) is 76.7 Å². The molecule has 0 aliphatic rings. The van der Waals surface area contributed by atoms with E-state index in [4.69, 9.17) is 23.2 Å². The highest BCUT2D eigenvalue weighted by Crippen LogP contribution is 2.41. The van der Waals surface area contributed by atoms with Gasteiger partial charge in [0.05, 0.1) is 34.1 Å². The lowest BCUT2D eigenvalue weighted by Gasteiger charge is -2.20. The third-order valence-electron chi connectivity index (χ3n) is 7.03. The molecular weight excluding hydrogens is 654 g/mol. The van der Waals surface area contributed by atoms with E-state index in [0.717, 1.165) is 18.2 Å². The van der Waals surface area contributed by atoms with Crippen LogP contribution >= 0.6 is 23.2 Å². The summed E-state index contributed by atoms with van der Waals surface area (Å²) in [5.41, 5.74) is -1.78. The van der Waals surface area contributed by atoms with Crippen LogP contribution in [0.2, 0.25) is 0 Å². The van der Waals surface area contributed by atoms with Crippen molar-refractivity contribution >= 4 is 63.0 Å². The van der Waals surface area contributed by atoms with Crippen molar-refractivity contribution in [1.82, 2.24) is 14.0 Å². The molecule has 0 bridgehead atoms. The van der Waals surface area contributed by atoms with E-state index in [1.54, 1.807) is 7.05 Å². The third kappa shape index (κ3) is 6.05. The van der Waals surface area contributed by atoms with Gasteiger partial charge in [0.25, 0.3) is 11.8 Å². The molecule has 0 saturated heterocycles. The van der Waals surface area contributed by atoms with Crippen LogP contribution in [0.15, 0.2) is 85.4 Å². The fourth-order valence-electron chi connectivity index (χ4n) is 5.01. The van der Waals surface area contributed by atoms with Gasteiger partial charge >= 0.3 is 6.18 Å². The van der Waals surface area contributed by atoms with Crippen LogP contribution < -0.4 is 4.90 Å². The molecule has 46 heavy (non-hydrogen) atoms. The van der Waals surface area contributed by atoms with Crippen molar-refractivity contribution in [3.8, 4) is 11.1 Å². The van der Waals surface area contributed by atoms with Crippen molar-refractivity contribution in [2.24, 2.45) is 7.05 Å². The number of imidazole rings is 1. The average molecular weight is 675 g/mol. The number of nitrogens with zero attached hydrogens (tertiary/aromatic N) is 4. The quantitative estimate of drug-likeness (QED) is 0.0741. The third-order valence-corrected chi connectivity index (χ3v) is 7.38. The monoisotopic (exact) mass is 674 g/mol. The molecule has 2 aromatic carbocycles. The normalized spacial score (nSPS) is 12.2. The molecule has 0 unspecified atom stereocenters. The van der Waals surface area contributed by atoms with Crippen molar-refractivity contribution in [2.45, 2.75) is 6.18 Å². The van der Waals surface area contributed by atoms with Gasteiger partial charge in [-0.3, -0.25) is 14.4 Å². The lowest BCUT2D eigenvalue weighted by Crippen LogP contribution is -2.36. The highest BCUT2D eigenvalue weighted by Gasteiger charge is 2.35. The maximum absolute atomic E-state index is 15.5. The molecular formula is C32H21Cl2F5N4O3. The Bertz CT molecular complexity index is 2030. The minimum atomic E-state index is -4.72. The zero-order chi connectivity index (χ0) is 33.3. The Balaban J connectivity index is 1.59. The van der Waals surface area contributed by atoms with Gasteiger partial charge in [0.15, 0.2) is 11.6 Å². The Hall–Kier alpha value is -4.81. The lowest BCUT2D eigenvalue weighted by atomic mass is 9.98. The molecule has 7 nitrogen and oxygen atoms in total. The minimum Gasteiger partial charge on any atom is -0.334 e. The zero-order valence-corrected chi connectivity index (χ0v) is 25.2. The van der Waals surface area contributed by atoms with Crippen molar-refractivity contribution in [3.05, 3.63) is 114 Å². The molecule has 3 heterocycles. The fourth-order valence-corrected chi connectivity index (χ4v) is 5.19. The van der Waals surface area contributed by atoms with Crippen molar-refractivity contribution in [2.75, 3.05) is 16.7 Å². The molecule has 5 aromatic rings. The van der Waals surface area contributed by atoms with E-state index in [-0.39, 0.29) is 44.5 Å². The molecule has 5 rings (SSSR count). The number of hydrogen-bond acceptors (Lipinski definition) is 4. The van der Waals surface area contributed by atoms with Crippen LogP contribution in [-0.4, -0.2) is 43.3 Å². The summed E-state index contributed by atoms with van der Waals surface area (Å²) >= 11 is 11.1. The predicted octanol–water partition coefficient (Wildman–Crippen LogP) is 7.47. The lowest BCUT2D eigenvalue weighted by molar-refractivity contribution is -0.137. The SMILES string of the molecule is Cn1cnc2cc(-c3cccn4c(C(=O)c5cc(F)c(N(C(=O)/C=C/CCl)C(=O)/C=C/CCl)c(F)c5)ccc34)c(C(F)(F)F)cc21. The standard InChI is InChI=1S/C32H21Cl2F5N4O3/c1-41-17-40-24-15-20(21(16-27(24)41)32(37,38)39)19-5-4-12-42-25(19)8-9-26(42)31(46)18-13-22(35)30(23(36)14-18)43(28(44)6-2-10-33)29(45)7-3-11-34/h2-9,12-17H,10-11H2,1H3/b6-2+,7-3+. The van der Waals surface area contributed by atoms with Crippen LogP contribution in [0.25, 0.3) is 27.7 Å². The summed E-state index contributed by atoms with van der Waals surface area (Å²) in [5.74, 6) is -6.13. The first kappa shape index (κ1) is 32.6. The van der Waals surface area contributed by atoms with Crippen LogP contribution in [0.4, 0.5) is 27.6 Å². The number of aryl methyl sites for hydroxylation is 1. The van der Waals surface area contributed by atoms with Crippen LogP contribution in [0.1, 0.15) is 21.6 Å². The second kappa shape index (κ2) is 12.9. The van der Waals surface area contributed by atoms with Crippen molar-refractivity contribution in [1.29, 1.82) is 0 Å². The number of benzene rings is 2. The Labute approximate surface area is 267 Å². The number of alkyl halides is 5. The molecule has 0 aliphatic carbocycles. The smallest absolute Gasteiger partial charge is 0.334 e. The first-order valence-electron chi connectivity index (χ1n) is 13.4. The van der Waals surface area contributed by atoms with E-state index in [2.05, 4.69) is 4.98 Å². The highest BCUT2D eigenvalue weighted by molar-refractivity contribution is 6.24. The average Bonchev–Trinajstić information content (AvgIpc) is 3.62. The number of hydrogen-bond donors (Lipinski definition) is 0. The first-order chi connectivity index (χ1) is 21.9. The number of carbonyl (C=O) groups excluding carboxylic acids is 3. The first-order valence-corrected chi connectivity index (χ1v) is 14.4. The largest absolute Gasteiger partial charge is 0.417 e. The number of allylic oxidation sites excluding steroid dienone is 2. The number of aromatic nitrogens is 3. The summed E-state index contributed by atoms with van der Waals surface area (Å²) < 4.78 is 76.3. The molecule has 0 atom stereocenters. The van der Waals surface area contributed by atoms with E-state index in [1.165, 1.54) is 64.0 Å². The molecule has 0 fully saturated rings. The number of fused-ring (bicyclic) bond motifs is 2. The number of rotatable bonds is 8. The van der Waals surface area contributed by atoms with Crippen LogP contribution in [-0.2, 0) is 22.8 Å². The maximum Gasteiger partial charge on any atom is 0.417 e. The van der Waals surface area contributed by atoms with Crippen LogP contribution in [0.5, 0.6) is 0 Å². The number of imide groups is 1. The summed E-state index contributed by atoms with van der Waals surface area (Å²) in [5, 5.41) is 0. The fraction of sp³-hybridized carbons (Fsp3) is 0.125. The Morgan fingerprint density at radius 2 is 1.52 bits per heavy atom. The summed E-state index contributed by atoms with van der Waals surface area (Å²) in [6, 6.07) is 9.24. The Morgan fingerprint density at radius 3 is 2.11 bits per heavy atom. The molecule has 236 valence electrons. The van der Waals surface area contributed by atoms with Crippen molar-refractivity contribution in [3.63, 3.8) is 0 Å². The van der Waals surface area contributed by atoms with Gasteiger partial charge in [-0.15, -0.1) is 23.2 Å². The summed E-state index contributed by atoms with van der Waals surface area (Å²) in [7, 11) is 1.57. The summed E-state index contributed by atoms with van der Waals surface area (Å²) in [4.78, 5) is 43.3. The molecule has 0 saturated carbocycles. The molecule has 0 radical (unpaired) electrons. The molecule has 14 heteroatoms. The van der Waals surface area contributed by atoms with E-state index in [0.29, 0.717) is 17.6 Å². The van der Waals surface area contributed by atoms with E-state index in [1.807, 2.05) is 0 Å². The number of ketones is 1. The van der Waals surface area contributed by atoms with Gasteiger partial charge in [-0.05, 0) is 48.0 Å². The maximum atomic E-state index is 15.5. The second-order valence-electron chi connectivity index (χ2n) is 9.88. The molecule has 0 aliphatic heterocycles. The van der Waals surface area contributed by atoms with E-state index in [9.17, 15) is 27.6 Å². The Kier molecular flexibility index (Phi) is 9.13. The van der Waals surface area contributed by atoms with Crippen molar-refractivity contribution < 1.29 is 36.3 Å². The van der Waals surface area contributed by atoms with E-state index >= 15 is 8.78 Å². The number of amides is 2.